The minimum Gasteiger partial charge on any atom is -0.383 e. The molecule has 2 aromatic rings. The van der Waals surface area contributed by atoms with Gasteiger partial charge in [-0.05, 0) is 6.92 Å². The molecule has 0 aliphatic rings. The Morgan fingerprint density at radius 1 is 1.50 bits per heavy atom. The summed E-state index contributed by atoms with van der Waals surface area (Å²) in [4.78, 5) is 8.22. The first-order valence-electron chi connectivity index (χ1n) is 3.48. The van der Waals surface area contributed by atoms with Crippen molar-refractivity contribution in [1.82, 2.24) is 14.5 Å². The van der Waals surface area contributed by atoms with Gasteiger partial charge in [-0.15, -0.1) is 11.3 Å². The molecule has 0 bridgehead atoms. The van der Waals surface area contributed by atoms with E-state index in [0.29, 0.717) is 5.82 Å². The van der Waals surface area contributed by atoms with E-state index in [0.717, 1.165) is 11.0 Å². The fourth-order valence-electron chi connectivity index (χ4n) is 1.04. The molecule has 0 aliphatic heterocycles. The second-order valence-corrected chi connectivity index (χ2v) is 3.25. The summed E-state index contributed by atoms with van der Waals surface area (Å²) in [5.41, 5.74) is 5.70. The van der Waals surface area contributed by atoms with Crippen molar-refractivity contribution in [2.45, 2.75) is 6.92 Å². The lowest BCUT2D eigenvalue weighted by atomic mass is 10.7. The van der Waals surface area contributed by atoms with Crippen LogP contribution in [0.3, 0.4) is 0 Å². The van der Waals surface area contributed by atoms with Crippen LogP contribution < -0.4 is 5.73 Å². The summed E-state index contributed by atoms with van der Waals surface area (Å²) >= 11 is 1.54. The maximum Gasteiger partial charge on any atom is 0.196 e. The van der Waals surface area contributed by atoms with Crippen LogP contribution in [0.4, 0.5) is 5.82 Å². The quantitative estimate of drug-likeness (QED) is 0.717. The van der Waals surface area contributed by atoms with Gasteiger partial charge in [0.2, 0.25) is 0 Å². The monoisotopic (exact) mass is 180 g/mol. The van der Waals surface area contributed by atoms with Crippen molar-refractivity contribution < 1.29 is 0 Å². The third-order valence-corrected chi connectivity index (χ3v) is 2.33. The largest absolute Gasteiger partial charge is 0.383 e. The second-order valence-electron chi connectivity index (χ2n) is 2.38. The van der Waals surface area contributed by atoms with Gasteiger partial charge in [-0.3, -0.25) is 4.57 Å². The number of imidazole rings is 1. The molecular formula is C7H8N4S. The van der Waals surface area contributed by atoms with Gasteiger partial charge < -0.3 is 5.73 Å². The van der Waals surface area contributed by atoms with Crippen molar-refractivity contribution in [3.8, 4) is 5.13 Å². The summed E-state index contributed by atoms with van der Waals surface area (Å²) in [6, 6.07) is 0. The molecule has 2 N–H and O–H groups in total. The standard InChI is InChI=1S/C7H8N4S/c1-5-10-4-6(8)11(5)7-9-2-3-12-7/h2-4H,8H2,1H3. The van der Waals surface area contributed by atoms with Crippen LogP contribution in [-0.4, -0.2) is 14.5 Å². The first-order valence-corrected chi connectivity index (χ1v) is 4.36. The van der Waals surface area contributed by atoms with E-state index in [-0.39, 0.29) is 0 Å². The van der Waals surface area contributed by atoms with Gasteiger partial charge in [0.15, 0.2) is 5.13 Å². The number of nitrogens with zero attached hydrogens (tertiary/aromatic N) is 3. The molecule has 0 unspecified atom stereocenters. The van der Waals surface area contributed by atoms with Gasteiger partial charge in [-0.25, -0.2) is 9.97 Å². The lowest BCUT2D eigenvalue weighted by molar-refractivity contribution is 0.968. The second kappa shape index (κ2) is 2.60. The van der Waals surface area contributed by atoms with E-state index in [4.69, 9.17) is 5.73 Å². The van der Waals surface area contributed by atoms with Gasteiger partial charge >= 0.3 is 0 Å². The maximum absolute atomic E-state index is 5.70. The van der Waals surface area contributed by atoms with E-state index in [9.17, 15) is 0 Å². The maximum atomic E-state index is 5.70. The van der Waals surface area contributed by atoms with Gasteiger partial charge in [0, 0.05) is 11.6 Å². The molecule has 0 saturated heterocycles. The van der Waals surface area contributed by atoms with Gasteiger partial charge in [0.05, 0.1) is 6.20 Å². The molecule has 0 fully saturated rings. The minimum absolute atomic E-state index is 0.627. The van der Waals surface area contributed by atoms with Crippen molar-refractivity contribution >= 4 is 17.2 Å². The molecule has 0 radical (unpaired) electrons. The van der Waals surface area contributed by atoms with Gasteiger partial charge in [-0.1, -0.05) is 0 Å². The van der Waals surface area contributed by atoms with Gasteiger partial charge in [0.1, 0.15) is 11.6 Å². The Morgan fingerprint density at radius 2 is 2.33 bits per heavy atom. The smallest absolute Gasteiger partial charge is 0.196 e. The number of nitrogens with two attached hydrogens (primary N) is 1. The molecule has 62 valence electrons. The van der Waals surface area contributed by atoms with Crippen LogP contribution in [0.5, 0.6) is 0 Å². The molecule has 0 spiro atoms. The molecule has 0 aromatic carbocycles. The lowest BCUT2D eigenvalue weighted by Crippen LogP contribution is -2.00. The molecule has 0 saturated carbocycles. The third-order valence-electron chi connectivity index (χ3n) is 1.58. The zero-order valence-corrected chi connectivity index (χ0v) is 7.38. The lowest BCUT2D eigenvalue weighted by Gasteiger charge is -2.00. The average molecular weight is 180 g/mol. The molecule has 12 heavy (non-hydrogen) atoms. The number of hydrogen-bond donors (Lipinski definition) is 1. The van der Waals surface area contributed by atoms with E-state index < -0.39 is 0 Å². The highest BCUT2D eigenvalue weighted by Gasteiger charge is 2.06. The fourth-order valence-corrected chi connectivity index (χ4v) is 1.75. The fraction of sp³-hybridized carbons (Fsp3) is 0.143. The van der Waals surface area contributed by atoms with Crippen molar-refractivity contribution in [2.24, 2.45) is 0 Å². The molecule has 2 aromatic heterocycles. The molecular weight excluding hydrogens is 172 g/mol. The number of hydrogen-bond acceptors (Lipinski definition) is 4. The number of aromatic nitrogens is 3. The Bertz CT molecular complexity index is 357. The van der Waals surface area contributed by atoms with Crippen LogP contribution in [0.1, 0.15) is 5.82 Å². The van der Waals surface area contributed by atoms with Crippen molar-refractivity contribution in [3.63, 3.8) is 0 Å². The SMILES string of the molecule is Cc1ncc(N)n1-c1nccs1. The molecule has 0 atom stereocenters. The first-order chi connectivity index (χ1) is 5.79. The van der Waals surface area contributed by atoms with Gasteiger partial charge in [-0.2, -0.15) is 0 Å². The van der Waals surface area contributed by atoms with Crippen LogP contribution in [0.15, 0.2) is 17.8 Å². The molecule has 0 aliphatic carbocycles. The van der Waals surface area contributed by atoms with E-state index in [2.05, 4.69) is 9.97 Å². The van der Waals surface area contributed by atoms with E-state index in [1.165, 1.54) is 0 Å². The summed E-state index contributed by atoms with van der Waals surface area (Å²) in [5.74, 6) is 1.49. The van der Waals surface area contributed by atoms with Gasteiger partial charge in [0.25, 0.3) is 0 Å². The predicted molar refractivity (Wildman–Crippen MR) is 48.4 cm³/mol. The van der Waals surface area contributed by atoms with Crippen LogP contribution in [0.2, 0.25) is 0 Å². The number of nitrogen functional groups attached to an aromatic ring is 1. The highest BCUT2D eigenvalue weighted by atomic mass is 32.1. The highest BCUT2D eigenvalue weighted by molar-refractivity contribution is 7.12. The third kappa shape index (κ3) is 0.984. The Morgan fingerprint density at radius 3 is 2.83 bits per heavy atom. The number of aryl methyl sites for hydroxylation is 1. The summed E-state index contributed by atoms with van der Waals surface area (Å²) in [7, 11) is 0. The number of thiazole rings is 1. The van der Waals surface area contributed by atoms with Crippen molar-refractivity contribution in [3.05, 3.63) is 23.6 Å². The van der Waals surface area contributed by atoms with E-state index >= 15 is 0 Å². The average Bonchev–Trinajstić information content (AvgIpc) is 2.61. The zero-order valence-electron chi connectivity index (χ0n) is 6.56. The Balaban J connectivity index is 2.60. The first kappa shape index (κ1) is 7.30. The molecule has 2 rings (SSSR count). The Labute approximate surface area is 73.7 Å². The molecule has 5 heteroatoms. The van der Waals surface area contributed by atoms with Crippen LogP contribution in [0, 0.1) is 6.92 Å². The molecule has 2 heterocycles. The van der Waals surface area contributed by atoms with E-state index in [1.807, 2.05) is 16.9 Å². The summed E-state index contributed by atoms with van der Waals surface area (Å²) in [5, 5.41) is 2.77. The Kier molecular flexibility index (Phi) is 1.58. The summed E-state index contributed by atoms with van der Waals surface area (Å²) in [6.07, 6.45) is 3.38. The van der Waals surface area contributed by atoms with Crippen LogP contribution >= 0.6 is 11.3 Å². The molecule has 4 nitrogen and oxygen atoms in total. The minimum atomic E-state index is 0.627. The topological polar surface area (TPSA) is 56.7 Å². The number of rotatable bonds is 1. The predicted octanol–water partition coefficient (Wildman–Crippen LogP) is 1.22. The zero-order chi connectivity index (χ0) is 8.55. The normalized spacial score (nSPS) is 10.4. The highest BCUT2D eigenvalue weighted by Crippen LogP contribution is 2.17. The van der Waals surface area contributed by atoms with E-state index in [1.54, 1.807) is 23.7 Å². The van der Waals surface area contributed by atoms with Crippen molar-refractivity contribution in [1.29, 1.82) is 0 Å². The van der Waals surface area contributed by atoms with Crippen LogP contribution in [-0.2, 0) is 0 Å². The molecule has 0 amide bonds. The summed E-state index contributed by atoms with van der Waals surface area (Å²) in [6.45, 7) is 1.90. The number of anilines is 1. The Hall–Kier alpha value is -1.36. The van der Waals surface area contributed by atoms with Crippen molar-refractivity contribution in [2.75, 3.05) is 5.73 Å². The van der Waals surface area contributed by atoms with Crippen LogP contribution in [0.25, 0.3) is 5.13 Å². The summed E-state index contributed by atoms with van der Waals surface area (Å²) < 4.78 is 1.82.